The minimum absolute atomic E-state index is 0.0704. The van der Waals surface area contributed by atoms with Gasteiger partial charge in [0.05, 0.1) is 22.6 Å². The van der Waals surface area contributed by atoms with Crippen LogP contribution in [-0.2, 0) is 27.2 Å². The highest BCUT2D eigenvalue weighted by atomic mass is 32.1. The maximum atomic E-state index is 13.3. The van der Waals surface area contributed by atoms with Crippen LogP contribution in [0.1, 0.15) is 41.8 Å². The summed E-state index contributed by atoms with van der Waals surface area (Å²) in [5.41, 5.74) is 2.17. The standard InChI is InChI=1S/C32H36N4O7S/c1-19(33-26(32(42)43)17-10-21-6-4-3-5-7-21)28(38)34-20(2)30(44)36-27(18-22-8-15-25(37)16-9-22)29(39)35-24-13-11-23(12-14-24)31(40)41/h3-9,11-16,19-20,26-27,33,37H,10,17-18H2,1-2H3,(H,34,38)(H,35,39)(H,36,44)(H,40,41)(H,42,43). The molecule has 11 nitrogen and oxygen atoms in total. The Hall–Kier alpha value is -4.81. The van der Waals surface area contributed by atoms with Gasteiger partial charge < -0.3 is 31.3 Å². The summed E-state index contributed by atoms with van der Waals surface area (Å²) in [7, 11) is 0. The molecule has 0 aromatic heterocycles. The van der Waals surface area contributed by atoms with E-state index in [2.05, 4.69) is 21.3 Å². The molecule has 3 rings (SSSR count). The fourth-order valence-corrected chi connectivity index (χ4v) is 4.52. The maximum absolute atomic E-state index is 13.3. The molecule has 0 heterocycles. The first-order valence-corrected chi connectivity index (χ1v) is 14.4. The SMILES string of the molecule is CC(NC(CCc1ccccc1)C(=O)O)C(=O)NC(C)C(=S)NC(Cc1ccc(O)cc1)C(=O)Nc1ccc(C(=O)O)cc1. The third kappa shape index (κ3) is 10.5. The van der Waals surface area contributed by atoms with E-state index in [0.29, 0.717) is 18.5 Å². The number of phenols is 1. The van der Waals surface area contributed by atoms with Crippen molar-refractivity contribution in [2.24, 2.45) is 0 Å². The number of carbonyl (C=O) groups is 4. The second-order valence-electron chi connectivity index (χ2n) is 10.3. The largest absolute Gasteiger partial charge is 0.508 e. The molecule has 12 heteroatoms. The molecule has 3 aromatic rings. The van der Waals surface area contributed by atoms with Gasteiger partial charge in [0.25, 0.3) is 0 Å². The molecule has 0 spiro atoms. The number of hydrogen-bond donors (Lipinski definition) is 7. The summed E-state index contributed by atoms with van der Waals surface area (Å²) in [4.78, 5) is 49.4. The van der Waals surface area contributed by atoms with E-state index in [9.17, 15) is 29.4 Å². The summed E-state index contributed by atoms with van der Waals surface area (Å²) in [6.07, 6.45) is 0.997. The lowest BCUT2D eigenvalue weighted by atomic mass is 10.0. The molecule has 44 heavy (non-hydrogen) atoms. The van der Waals surface area contributed by atoms with Crippen LogP contribution in [0.3, 0.4) is 0 Å². The molecule has 0 bridgehead atoms. The molecule has 0 aliphatic rings. The average molecular weight is 621 g/mol. The molecule has 0 aliphatic carbocycles. The number of carboxylic acid groups (broad SMARTS) is 2. The molecule has 232 valence electrons. The molecule has 0 radical (unpaired) electrons. The molecule has 3 aromatic carbocycles. The van der Waals surface area contributed by atoms with Gasteiger partial charge in [-0.05, 0) is 74.2 Å². The maximum Gasteiger partial charge on any atom is 0.335 e. The minimum atomic E-state index is -1.09. The van der Waals surface area contributed by atoms with Crippen molar-refractivity contribution in [1.29, 1.82) is 0 Å². The van der Waals surface area contributed by atoms with E-state index in [-0.39, 0.29) is 22.7 Å². The summed E-state index contributed by atoms with van der Waals surface area (Å²) < 4.78 is 0. The highest BCUT2D eigenvalue weighted by Gasteiger charge is 2.26. The Morgan fingerprint density at radius 1 is 0.750 bits per heavy atom. The molecular formula is C32H36N4O7S. The first-order chi connectivity index (χ1) is 20.9. The van der Waals surface area contributed by atoms with E-state index in [1.54, 1.807) is 26.0 Å². The van der Waals surface area contributed by atoms with Crippen molar-refractivity contribution in [3.63, 3.8) is 0 Å². The van der Waals surface area contributed by atoms with Crippen LogP contribution < -0.4 is 21.3 Å². The lowest BCUT2D eigenvalue weighted by Gasteiger charge is -2.25. The molecule has 0 fully saturated rings. The Bertz CT molecular complexity index is 1450. The van der Waals surface area contributed by atoms with Crippen molar-refractivity contribution in [1.82, 2.24) is 16.0 Å². The third-order valence-corrected chi connectivity index (χ3v) is 7.34. The van der Waals surface area contributed by atoms with Crippen molar-refractivity contribution in [2.75, 3.05) is 5.32 Å². The summed E-state index contributed by atoms with van der Waals surface area (Å²) in [5.74, 6) is -3.01. The van der Waals surface area contributed by atoms with Crippen molar-refractivity contribution in [3.05, 3.63) is 95.6 Å². The Morgan fingerprint density at radius 2 is 1.39 bits per heavy atom. The number of aliphatic carboxylic acids is 1. The second-order valence-corrected chi connectivity index (χ2v) is 10.8. The van der Waals surface area contributed by atoms with E-state index >= 15 is 0 Å². The fraction of sp³-hybridized carbons (Fsp3) is 0.281. The molecule has 2 amide bonds. The van der Waals surface area contributed by atoms with Crippen LogP contribution >= 0.6 is 12.2 Å². The van der Waals surface area contributed by atoms with E-state index < -0.39 is 47.9 Å². The zero-order chi connectivity index (χ0) is 32.2. The van der Waals surface area contributed by atoms with Gasteiger partial charge in [0.1, 0.15) is 17.8 Å². The first-order valence-electron chi connectivity index (χ1n) is 14.0. The zero-order valence-corrected chi connectivity index (χ0v) is 25.1. The van der Waals surface area contributed by atoms with Crippen LogP contribution in [-0.4, -0.2) is 68.2 Å². The topological polar surface area (TPSA) is 177 Å². The number of amides is 2. The lowest BCUT2D eigenvalue weighted by Crippen LogP contribution is -2.55. The number of aromatic hydroxyl groups is 1. The van der Waals surface area contributed by atoms with Gasteiger partial charge in [-0.1, -0.05) is 54.7 Å². The Balaban J connectivity index is 1.63. The van der Waals surface area contributed by atoms with Gasteiger partial charge in [0.15, 0.2) is 0 Å². The normalized spacial score (nSPS) is 13.5. The highest BCUT2D eigenvalue weighted by Crippen LogP contribution is 2.14. The van der Waals surface area contributed by atoms with Gasteiger partial charge in [-0.15, -0.1) is 0 Å². The van der Waals surface area contributed by atoms with Crippen molar-refractivity contribution >= 4 is 46.6 Å². The van der Waals surface area contributed by atoms with Gasteiger partial charge in [-0.2, -0.15) is 0 Å². The van der Waals surface area contributed by atoms with E-state index in [4.69, 9.17) is 17.3 Å². The number of hydrogen-bond acceptors (Lipinski definition) is 7. The van der Waals surface area contributed by atoms with Crippen LogP contribution in [0.2, 0.25) is 0 Å². The van der Waals surface area contributed by atoms with Gasteiger partial charge in [-0.25, -0.2) is 4.79 Å². The predicted octanol–water partition coefficient (Wildman–Crippen LogP) is 3.13. The number of benzene rings is 3. The third-order valence-electron chi connectivity index (χ3n) is 6.87. The fourth-order valence-electron chi connectivity index (χ4n) is 4.31. The number of nitrogens with one attached hydrogen (secondary N) is 4. The Labute approximate surface area is 260 Å². The van der Waals surface area contributed by atoms with Crippen molar-refractivity contribution in [2.45, 2.75) is 57.3 Å². The molecule has 0 aliphatic heterocycles. The van der Waals surface area contributed by atoms with Gasteiger partial charge in [0.2, 0.25) is 11.8 Å². The lowest BCUT2D eigenvalue weighted by molar-refractivity contribution is -0.140. The van der Waals surface area contributed by atoms with Crippen molar-refractivity contribution < 1.29 is 34.5 Å². The van der Waals surface area contributed by atoms with E-state index in [0.717, 1.165) is 11.1 Å². The van der Waals surface area contributed by atoms with E-state index in [1.807, 2.05) is 30.3 Å². The first kappa shape index (κ1) is 33.7. The summed E-state index contributed by atoms with van der Waals surface area (Å²) in [5, 5.41) is 39.8. The molecule has 7 N–H and O–H groups in total. The number of rotatable bonds is 15. The van der Waals surface area contributed by atoms with Crippen LogP contribution in [0.15, 0.2) is 78.9 Å². The number of carboxylic acids is 2. The van der Waals surface area contributed by atoms with Gasteiger partial charge >= 0.3 is 11.9 Å². The van der Waals surface area contributed by atoms with Crippen LogP contribution in [0.25, 0.3) is 0 Å². The molecular weight excluding hydrogens is 584 g/mol. The summed E-state index contributed by atoms with van der Waals surface area (Å²) in [6, 6.07) is 18.1. The molecule has 0 saturated heterocycles. The minimum Gasteiger partial charge on any atom is -0.508 e. The van der Waals surface area contributed by atoms with Gasteiger partial charge in [-0.3, -0.25) is 19.7 Å². The Kier molecular flexibility index (Phi) is 12.4. The second kappa shape index (κ2) is 16.1. The zero-order valence-electron chi connectivity index (χ0n) is 24.3. The number of phenolic OH excluding ortho intramolecular Hbond substituents is 1. The molecule has 0 saturated carbocycles. The number of carbonyl (C=O) groups excluding carboxylic acids is 2. The number of anilines is 1. The highest BCUT2D eigenvalue weighted by molar-refractivity contribution is 7.80. The summed E-state index contributed by atoms with van der Waals surface area (Å²) >= 11 is 5.52. The quantitative estimate of drug-likeness (QED) is 0.125. The van der Waals surface area contributed by atoms with Crippen LogP contribution in [0.5, 0.6) is 5.75 Å². The monoisotopic (exact) mass is 620 g/mol. The Morgan fingerprint density at radius 3 is 1.98 bits per heavy atom. The average Bonchev–Trinajstić information content (AvgIpc) is 3.00. The predicted molar refractivity (Wildman–Crippen MR) is 170 cm³/mol. The van der Waals surface area contributed by atoms with Crippen molar-refractivity contribution in [3.8, 4) is 5.75 Å². The number of aryl methyl sites for hydroxylation is 1. The van der Waals surface area contributed by atoms with Crippen LogP contribution in [0, 0.1) is 0 Å². The smallest absolute Gasteiger partial charge is 0.335 e. The van der Waals surface area contributed by atoms with Crippen LogP contribution in [0.4, 0.5) is 5.69 Å². The number of thiocarbonyl (C=S) groups is 1. The number of aromatic carboxylic acids is 1. The van der Waals surface area contributed by atoms with E-state index in [1.165, 1.54) is 36.4 Å². The molecule has 4 atom stereocenters. The molecule has 4 unspecified atom stereocenters. The van der Waals surface area contributed by atoms with Gasteiger partial charge in [0, 0.05) is 12.1 Å². The summed E-state index contributed by atoms with van der Waals surface area (Å²) in [6.45, 7) is 3.21.